The van der Waals surface area contributed by atoms with Crippen LogP contribution in [0.4, 0.5) is 0 Å². The van der Waals surface area contributed by atoms with E-state index in [1.807, 2.05) is 0 Å². The lowest BCUT2D eigenvalue weighted by atomic mass is 10.1. The average molecular weight is 286 g/mol. The van der Waals surface area contributed by atoms with Crippen molar-refractivity contribution < 1.29 is 19.2 Å². The molecule has 21 heavy (non-hydrogen) atoms. The second-order valence-electron chi connectivity index (χ2n) is 4.47. The lowest BCUT2D eigenvalue weighted by molar-refractivity contribution is -0.167. The molecule has 0 bridgehead atoms. The zero-order valence-electron chi connectivity index (χ0n) is 11.0. The van der Waals surface area contributed by atoms with E-state index in [1.54, 1.807) is 25.4 Å². The number of fused-ring (bicyclic) bond motifs is 1. The summed E-state index contributed by atoms with van der Waals surface area (Å²) >= 11 is 0. The molecule has 2 amide bonds. The first kappa shape index (κ1) is 13.0. The van der Waals surface area contributed by atoms with E-state index in [0.717, 1.165) is 0 Å². The zero-order valence-corrected chi connectivity index (χ0v) is 11.0. The molecule has 8 nitrogen and oxygen atoms in total. The number of amides is 2. The molecular formula is C13H10N4O4. The highest BCUT2D eigenvalue weighted by Gasteiger charge is 2.38. The summed E-state index contributed by atoms with van der Waals surface area (Å²) in [5.74, 6) is -2.06. The molecule has 0 spiro atoms. The maximum Gasteiger partial charge on any atom is 0.339 e. The van der Waals surface area contributed by atoms with Crippen LogP contribution >= 0.6 is 0 Å². The zero-order chi connectivity index (χ0) is 15.0. The van der Waals surface area contributed by atoms with Gasteiger partial charge in [0.05, 0.1) is 23.2 Å². The minimum absolute atomic E-state index is 0.179. The molecule has 0 atom stereocenters. The monoisotopic (exact) mass is 286 g/mol. The van der Waals surface area contributed by atoms with E-state index in [2.05, 4.69) is 10.3 Å². The molecule has 1 aliphatic heterocycles. The maximum absolute atomic E-state index is 12.0. The standard InChI is InChI=1S/C13H10N4O4/c1-16-7-8(14-15-16)6-11(18)21-17-12(19)9-4-2-3-5-10(9)13(17)20/h2-5,7H,6H2,1H3. The van der Waals surface area contributed by atoms with Gasteiger partial charge >= 0.3 is 5.97 Å². The van der Waals surface area contributed by atoms with E-state index in [0.29, 0.717) is 10.8 Å². The van der Waals surface area contributed by atoms with Gasteiger partial charge in [-0.05, 0) is 12.1 Å². The highest BCUT2D eigenvalue weighted by molar-refractivity contribution is 6.20. The van der Waals surface area contributed by atoms with E-state index in [4.69, 9.17) is 4.84 Å². The summed E-state index contributed by atoms with van der Waals surface area (Å²) in [5, 5.41) is 7.88. The van der Waals surface area contributed by atoms with Crippen molar-refractivity contribution in [3.63, 3.8) is 0 Å². The summed E-state index contributed by atoms with van der Waals surface area (Å²) in [4.78, 5) is 40.6. The predicted molar refractivity (Wildman–Crippen MR) is 67.7 cm³/mol. The van der Waals surface area contributed by atoms with Gasteiger partial charge in [0.15, 0.2) is 0 Å². The summed E-state index contributed by atoms with van der Waals surface area (Å²) in [6.07, 6.45) is 1.37. The van der Waals surface area contributed by atoms with E-state index < -0.39 is 17.8 Å². The third kappa shape index (κ3) is 2.27. The third-order valence-corrected chi connectivity index (χ3v) is 2.93. The average Bonchev–Trinajstić information content (AvgIpc) is 2.97. The molecule has 0 radical (unpaired) electrons. The number of carbonyl (C=O) groups excluding carboxylic acids is 3. The second-order valence-corrected chi connectivity index (χ2v) is 4.47. The second kappa shape index (κ2) is 4.82. The van der Waals surface area contributed by atoms with Gasteiger partial charge in [0.2, 0.25) is 0 Å². The van der Waals surface area contributed by atoms with Crippen LogP contribution in [0.2, 0.25) is 0 Å². The smallest absolute Gasteiger partial charge is 0.329 e. The molecule has 0 N–H and O–H groups in total. The predicted octanol–water partition coefficient (Wildman–Crippen LogP) is 0.112. The number of aryl methyl sites for hydroxylation is 1. The summed E-state index contributed by atoms with van der Waals surface area (Å²) in [5.41, 5.74) is 0.823. The van der Waals surface area contributed by atoms with Crippen molar-refractivity contribution in [3.05, 3.63) is 47.3 Å². The van der Waals surface area contributed by atoms with Crippen molar-refractivity contribution in [1.29, 1.82) is 0 Å². The number of imide groups is 1. The van der Waals surface area contributed by atoms with E-state index in [1.165, 1.54) is 16.8 Å². The molecule has 1 aromatic heterocycles. The van der Waals surface area contributed by atoms with Crippen LogP contribution < -0.4 is 0 Å². The fourth-order valence-electron chi connectivity index (χ4n) is 2.01. The summed E-state index contributed by atoms with van der Waals surface area (Å²) in [7, 11) is 1.66. The number of nitrogens with zero attached hydrogens (tertiary/aromatic N) is 4. The Morgan fingerprint density at radius 1 is 1.19 bits per heavy atom. The number of rotatable bonds is 3. The van der Waals surface area contributed by atoms with Crippen LogP contribution in [-0.2, 0) is 23.1 Å². The molecule has 1 aliphatic rings. The molecule has 0 aliphatic carbocycles. The van der Waals surface area contributed by atoms with E-state index in [9.17, 15) is 14.4 Å². The first-order valence-electron chi connectivity index (χ1n) is 6.10. The fraction of sp³-hybridized carbons (Fsp3) is 0.154. The molecule has 0 unspecified atom stereocenters. The Kier molecular flexibility index (Phi) is 2.98. The first-order chi connectivity index (χ1) is 10.1. The van der Waals surface area contributed by atoms with Crippen LogP contribution in [0.15, 0.2) is 30.5 Å². The molecule has 0 fully saturated rings. The van der Waals surface area contributed by atoms with Crippen LogP contribution in [0.25, 0.3) is 0 Å². The van der Waals surface area contributed by atoms with Gasteiger partial charge in [-0.3, -0.25) is 14.3 Å². The van der Waals surface area contributed by atoms with Crippen molar-refractivity contribution in [3.8, 4) is 0 Å². The molecule has 106 valence electrons. The van der Waals surface area contributed by atoms with E-state index in [-0.39, 0.29) is 17.5 Å². The summed E-state index contributed by atoms with van der Waals surface area (Å²) < 4.78 is 1.44. The Morgan fingerprint density at radius 2 is 1.81 bits per heavy atom. The fourth-order valence-corrected chi connectivity index (χ4v) is 2.01. The van der Waals surface area contributed by atoms with Gasteiger partial charge in [-0.25, -0.2) is 4.79 Å². The highest BCUT2D eigenvalue weighted by Crippen LogP contribution is 2.22. The molecule has 8 heteroatoms. The van der Waals surface area contributed by atoms with Crippen molar-refractivity contribution in [1.82, 2.24) is 20.1 Å². The van der Waals surface area contributed by atoms with Gasteiger partial charge in [0.25, 0.3) is 11.8 Å². The largest absolute Gasteiger partial charge is 0.339 e. The molecule has 1 aromatic carbocycles. The van der Waals surface area contributed by atoms with Crippen molar-refractivity contribution in [2.75, 3.05) is 0 Å². The van der Waals surface area contributed by atoms with Crippen molar-refractivity contribution >= 4 is 17.8 Å². The summed E-state index contributed by atoms with van der Waals surface area (Å²) in [6.45, 7) is 0. The van der Waals surface area contributed by atoms with Crippen LogP contribution in [0.1, 0.15) is 26.4 Å². The first-order valence-corrected chi connectivity index (χ1v) is 6.10. The number of benzene rings is 1. The normalized spacial score (nSPS) is 13.5. The highest BCUT2D eigenvalue weighted by atomic mass is 16.7. The molecular weight excluding hydrogens is 276 g/mol. The number of carbonyl (C=O) groups is 3. The summed E-state index contributed by atoms with van der Waals surface area (Å²) in [6, 6.07) is 6.28. The maximum atomic E-state index is 12.0. The minimum Gasteiger partial charge on any atom is -0.329 e. The van der Waals surface area contributed by atoms with Crippen LogP contribution in [0, 0.1) is 0 Å². The topological polar surface area (TPSA) is 94.4 Å². The Balaban J connectivity index is 1.73. The molecule has 3 rings (SSSR count). The van der Waals surface area contributed by atoms with E-state index >= 15 is 0 Å². The van der Waals surface area contributed by atoms with Crippen LogP contribution in [-0.4, -0.2) is 37.8 Å². The van der Waals surface area contributed by atoms with Gasteiger partial charge in [-0.15, -0.1) is 5.10 Å². The lowest BCUT2D eigenvalue weighted by Crippen LogP contribution is -2.33. The third-order valence-electron chi connectivity index (χ3n) is 2.93. The Labute approximate surface area is 118 Å². The number of hydrogen-bond donors (Lipinski definition) is 0. The molecule has 0 saturated carbocycles. The molecule has 0 saturated heterocycles. The van der Waals surface area contributed by atoms with Gasteiger partial charge in [-0.2, -0.15) is 0 Å². The number of hydrogen-bond acceptors (Lipinski definition) is 6. The Bertz CT molecular complexity index is 717. The SMILES string of the molecule is Cn1cc(CC(=O)ON2C(=O)c3ccccc3C2=O)nn1. The Morgan fingerprint density at radius 3 is 2.33 bits per heavy atom. The lowest BCUT2D eigenvalue weighted by Gasteiger charge is -2.11. The van der Waals surface area contributed by atoms with Crippen LogP contribution in [0.3, 0.4) is 0 Å². The minimum atomic E-state index is -0.759. The molecule has 2 heterocycles. The van der Waals surface area contributed by atoms with Crippen LogP contribution in [0.5, 0.6) is 0 Å². The van der Waals surface area contributed by atoms with Gasteiger partial charge in [0, 0.05) is 13.2 Å². The number of hydroxylamine groups is 2. The quantitative estimate of drug-likeness (QED) is 0.743. The van der Waals surface area contributed by atoms with Gasteiger partial charge < -0.3 is 4.84 Å². The van der Waals surface area contributed by atoms with Gasteiger partial charge in [-0.1, -0.05) is 22.4 Å². The van der Waals surface area contributed by atoms with Crippen molar-refractivity contribution in [2.45, 2.75) is 6.42 Å². The van der Waals surface area contributed by atoms with Gasteiger partial charge in [0.1, 0.15) is 0 Å². The number of aromatic nitrogens is 3. The molecule has 2 aromatic rings. The van der Waals surface area contributed by atoms with Crippen molar-refractivity contribution in [2.24, 2.45) is 7.05 Å². The Hall–Kier alpha value is -3.03.